The maximum absolute atomic E-state index is 6.63. The maximum atomic E-state index is 6.63. The Morgan fingerprint density at radius 2 is 1.37 bits per heavy atom. The number of imidazole rings is 1. The summed E-state index contributed by atoms with van der Waals surface area (Å²) in [5.74, 6) is 2.35. The van der Waals surface area contributed by atoms with Crippen molar-refractivity contribution >= 4 is 67.9 Å². The molecule has 4 heterocycles. The number of rotatable bonds is 9. The van der Waals surface area contributed by atoms with Crippen LogP contribution in [-0.2, 0) is 31.9 Å². The summed E-state index contributed by atoms with van der Waals surface area (Å²) >= 11 is 0. The molecule has 10 aromatic rings. The van der Waals surface area contributed by atoms with Gasteiger partial charge in [-0.15, -0.1) is 53.6 Å². The first-order valence-corrected chi connectivity index (χ1v) is 28.5. The number of nitrogens with zero attached hydrogens (tertiary/aromatic N) is 4. The Balaban J connectivity index is 0.000000224. The molecule has 0 bridgehead atoms. The van der Waals surface area contributed by atoms with Crippen molar-refractivity contribution in [3.05, 3.63) is 162 Å². The molecule has 4 aromatic heterocycles. The van der Waals surface area contributed by atoms with E-state index < -0.39 is 8.07 Å². The van der Waals surface area contributed by atoms with Crippen LogP contribution in [0.4, 0.5) is 0 Å². The van der Waals surface area contributed by atoms with E-state index in [1.807, 2.05) is 12.1 Å². The Labute approximate surface area is 430 Å². The molecule has 1 radical (unpaired) electrons. The van der Waals surface area contributed by atoms with Crippen LogP contribution >= 0.6 is 0 Å². The van der Waals surface area contributed by atoms with Crippen LogP contribution in [0.15, 0.2) is 126 Å². The summed E-state index contributed by atoms with van der Waals surface area (Å²) in [5, 5.41) is 8.43. The first-order chi connectivity index (χ1) is 32.8. The van der Waals surface area contributed by atoms with Crippen LogP contribution in [0.2, 0.25) is 19.6 Å². The summed E-state index contributed by atoms with van der Waals surface area (Å²) in [6, 6.07) is 48.2. The molecule has 0 atom stereocenters. The van der Waals surface area contributed by atoms with Crippen LogP contribution in [0.25, 0.3) is 83.0 Å². The summed E-state index contributed by atoms with van der Waals surface area (Å²) in [5.41, 5.74) is 14.3. The number of fused-ring (bicyclic) bond motifs is 7. The molecule has 0 spiro atoms. The maximum Gasteiger partial charge on any atom is 0.216 e. The van der Waals surface area contributed by atoms with E-state index in [1.54, 1.807) is 0 Å². The van der Waals surface area contributed by atoms with Crippen molar-refractivity contribution in [1.82, 2.24) is 19.5 Å². The molecule has 0 fully saturated rings. The average molecular weight is 1120 g/mol. The van der Waals surface area contributed by atoms with Crippen LogP contribution in [0.1, 0.15) is 122 Å². The second-order valence-corrected chi connectivity index (χ2v) is 27.5. The zero-order valence-electron chi connectivity index (χ0n) is 43.6. The Hall–Kier alpha value is -5.72. The van der Waals surface area contributed by atoms with Gasteiger partial charge in [-0.2, -0.15) is 0 Å². The van der Waals surface area contributed by atoms with Gasteiger partial charge in [-0.25, -0.2) is 4.98 Å². The molecule has 0 saturated carbocycles. The van der Waals surface area contributed by atoms with Crippen molar-refractivity contribution < 1.29 is 24.5 Å². The van der Waals surface area contributed by atoms with Crippen LogP contribution in [0, 0.1) is 18.1 Å². The molecule has 0 aliphatic rings. The van der Waals surface area contributed by atoms with Crippen LogP contribution in [0.3, 0.4) is 0 Å². The molecular weight excluding hydrogens is 1050 g/mol. The SMILES string of the molecule is CC(C)Cc1cc(-c2[c-]ccc(C(C)(C)C)c2)ncc1[Si](C)(C)C.CC(C)c1ccc2c(n1)oc1c(-c3nc4ccc5ccccc5c4n3-c3c(C(C)C)cc4ccccc4c3C(C)C)[c-]ccc12.[Ir]. The quantitative estimate of drug-likeness (QED) is 0.107. The van der Waals surface area contributed by atoms with E-state index in [4.69, 9.17) is 19.4 Å². The monoisotopic (exact) mass is 1120 g/mol. The van der Waals surface area contributed by atoms with Crippen molar-refractivity contribution in [2.75, 3.05) is 0 Å². The average Bonchev–Trinajstić information content (AvgIpc) is 3.89. The second kappa shape index (κ2) is 19.8. The molecule has 0 N–H and O–H groups in total. The van der Waals surface area contributed by atoms with Gasteiger partial charge < -0.3 is 14.0 Å². The Bertz CT molecular complexity index is 3530. The molecule has 7 heteroatoms. The molecule has 0 aliphatic carbocycles. The minimum Gasteiger partial charge on any atom is -0.486 e. The molecule has 0 unspecified atom stereocenters. The van der Waals surface area contributed by atoms with Crippen LogP contribution < -0.4 is 5.19 Å². The third-order valence-corrected chi connectivity index (χ3v) is 15.6. The van der Waals surface area contributed by atoms with Gasteiger partial charge in [0.15, 0.2) is 0 Å². The van der Waals surface area contributed by atoms with E-state index in [9.17, 15) is 0 Å². The predicted octanol–water partition coefficient (Wildman–Crippen LogP) is 17.1. The Morgan fingerprint density at radius 3 is 2.04 bits per heavy atom. The molecule has 361 valence electrons. The molecule has 0 aliphatic heterocycles. The minimum atomic E-state index is -1.38. The van der Waals surface area contributed by atoms with Gasteiger partial charge in [-0.1, -0.05) is 173 Å². The largest absolute Gasteiger partial charge is 0.486 e. The number of aromatic nitrogens is 4. The number of hydrogen-bond donors (Lipinski definition) is 0. The topological polar surface area (TPSA) is 56.7 Å². The van der Waals surface area contributed by atoms with Gasteiger partial charge in [0.25, 0.3) is 0 Å². The third-order valence-electron chi connectivity index (χ3n) is 13.6. The second-order valence-electron chi connectivity index (χ2n) is 22.4. The fourth-order valence-corrected chi connectivity index (χ4v) is 11.6. The smallest absolute Gasteiger partial charge is 0.216 e. The number of benzene rings is 6. The van der Waals surface area contributed by atoms with Crippen molar-refractivity contribution in [2.24, 2.45) is 5.92 Å². The van der Waals surface area contributed by atoms with Crippen LogP contribution in [-0.4, -0.2) is 27.6 Å². The molecule has 5 nitrogen and oxygen atoms in total. The number of hydrogen-bond acceptors (Lipinski definition) is 4. The molecule has 10 rings (SSSR count). The van der Waals surface area contributed by atoms with Crippen molar-refractivity contribution in [3.63, 3.8) is 0 Å². The summed E-state index contributed by atoms with van der Waals surface area (Å²) in [6.45, 7) is 32.0. The van der Waals surface area contributed by atoms with E-state index >= 15 is 0 Å². The molecular formula is C63H68IrN4OSi-2. The molecule has 70 heavy (non-hydrogen) atoms. The summed E-state index contributed by atoms with van der Waals surface area (Å²) in [6.07, 6.45) is 3.25. The number of furan rings is 1. The van der Waals surface area contributed by atoms with Crippen molar-refractivity contribution in [3.8, 4) is 28.3 Å². The van der Waals surface area contributed by atoms with E-state index in [-0.39, 0.29) is 37.4 Å². The first kappa shape index (κ1) is 50.7. The first-order valence-electron chi connectivity index (χ1n) is 25.0. The molecule has 6 aromatic carbocycles. The Kier molecular flexibility index (Phi) is 14.3. The fraction of sp³-hybridized carbons (Fsp3) is 0.317. The summed E-state index contributed by atoms with van der Waals surface area (Å²) in [7, 11) is -1.38. The van der Waals surface area contributed by atoms with Gasteiger partial charge >= 0.3 is 0 Å². The van der Waals surface area contributed by atoms with E-state index in [0.717, 1.165) is 62.1 Å². The van der Waals surface area contributed by atoms with E-state index in [2.05, 4.69) is 222 Å². The summed E-state index contributed by atoms with van der Waals surface area (Å²) < 4.78 is 9.05. The van der Waals surface area contributed by atoms with Crippen molar-refractivity contribution in [2.45, 2.75) is 125 Å². The zero-order valence-corrected chi connectivity index (χ0v) is 47.0. The fourth-order valence-electron chi connectivity index (χ4n) is 10.0. The van der Waals surface area contributed by atoms with Gasteiger partial charge in [-0.3, -0.25) is 4.98 Å². The zero-order chi connectivity index (χ0) is 49.1. The standard InChI is InChI=1S/C41H36N3O.C22H32NSi.Ir/c1-23(2)33-22-27-13-8-9-14-28(27)36(25(5)6)38(33)44-37-29-15-10-7-12-26(29)18-20-35(37)42-40(44)32-17-11-16-30-31-19-21-34(24(3)4)43-41(31)45-39(30)32;1-16(2)12-18-14-20(23-15-21(18)24(6,7)8)17-10-9-11-19(13-17)22(3,4)5;/h7-16,18-25H,1-6H3;9,11,13-16H,12H2,1-8H3;/q2*-1;. The van der Waals surface area contributed by atoms with E-state index in [1.165, 1.54) is 54.7 Å². The molecule has 0 amide bonds. The third kappa shape index (κ3) is 9.70. The van der Waals surface area contributed by atoms with Crippen LogP contribution in [0.5, 0.6) is 0 Å². The van der Waals surface area contributed by atoms with E-state index in [0.29, 0.717) is 17.5 Å². The molecule has 0 saturated heterocycles. The summed E-state index contributed by atoms with van der Waals surface area (Å²) in [4.78, 5) is 15.1. The van der Waals surface area contributed by atoms with Crippen molar-refractivity contribution in [1.29, 1.82) is 0 Å². The number of pyridine rings is 2. The normalized spacial score (nSPS) is 12.3. The van der Waals surface area contributed by atoms with Gasteiger partial charge in [0.05, 0.1) is 30.5 Å². The predicted molar refractivity (Wildman–Crippen MR) is 296 cm³/mol. The van der Waals surface area contributed by atoms with Gasteiger partial charge in [0.2, 0.25) is 5.71 Å². The minimum absolute atomic E-state index is 0. The van der Waals surface area contributed by atoms with Gasteiger partial charge in [0.1, 0.15) is 0 Å². The van der Waals surface area contributed by atoms with Gasteiger partial charge in [-0.05, 0) is 97.9 Å². The Morgan fingerprint density at radius 1 is 0.671 bits per heavy atom. The van der Waals surface area contributed by atoms with Gasteiger partial charge in [0, 0.05) is 48.5 Å².